The van der Waals surface area contributed by atoms with Crippen molar-refractivity contribution in [2.45, 2.75) is 25.6 Å². The molecule has 0 radical (unpaired) electrons. The second-order valence-corrected chi connectivity index (χ2v) is 5.67. The quantitative estimate of drug-likeness (QED) is 0.854. The van der Waals surface area contributed by atoms with E-state index in [2.05, 4.69) is 15.0 Å². The van der Waals surface area contributed by atoms with Crippen molar-refractivity contribution in [1.29, 1.82) is 0 Å². The van der Waals surface area contributed by atoms with Crippen LogP contribution in [0.25, 0.3) is 0 Å². The van der Waals surface area contributed by atoms with Gasteiger partial charge in [-0.2, -0.15) is 13.2 Å². The molecule has 0 aromatic carbocycles. The van der Waals surface area contributed by atoms with Crippen molar-refractivity contribution in [3.8, 4) is 5.88 Å². The molecule has 2 rings (SSSR count). The number of alkyl halides is 3. The van der Waals surface area contributed by atoms with Crippen molar-refractivity contribution < 1.29 is 27.8 Å². The highest BCUT2D eigenvalue weighted by Gasteiger charge is 2.29. The molecule has 2 amide bonds. The molecule has 0 aliphatic carbocycles. The number of halogens is 3. The predicted molar refractivity (Wildman–Crippen MR) is 79.4 cm³/mol. The minimum absolute atomic E-state index is 0.0140. The highest BCUT2D eigenvalue weighted by atomic mass is 19.4. The van der Waals surface area contributed by atoms with Crippen molar-refractivity contribution in [1.82, 2.24) is 15.2 Å². The number of hydrogen-bond acceptors (Lipinski definition) is 4. The zero-order chi connectivity index (χ0) is 17.6. The topological polar surface area (TPSA) is 74.7 Å². The minimum Gasteiger partial charge on any atom is -0.468 e. The predicted octanol–water partition coefficient (Wildman–Crippen LogP) is 1.94. The molecule has 1 aliphatic heterocycles. The number of pyridine rings is 1. The number of rotatable bonds is 5. The Hall–Kier alpha value is -2.03. The number of aliphatic hydroxyl groups excluding tert-OH is 1. The maximum Gasteiger partial charge on any atom is 0.422 e. The third-order valence-corrected chi connectivity index (χ3v) is 3.72. The summed E-state index contributed by atoms with van der Waals surface area (Å²) >= 11 is 0. The summed E-state index contributed by atoms with van der Waals surface area (Å²) in [4.78, 5) is 17.5. The van der Waals surface area contributed by atoms with Gasteiger partial charge in [0.25, 0.3) is 0 Å². The second-order valence-electron chi connectivity index (χ2n) is 5.67. The van der Waals surface area contributed by atoms with Gasteiger partial charge in [-0.25, -0.2) is 9.78 Å². The van der Waals surface area contributed by atoms with Gasteiger partial charge >= 0.3 is 12.2 Å². The largest absolute Gasteiger partial charge is 0.468 e. The van der Waals surface area contributed by atoms with Crippen molar-refractivity contribution in [3.63, 3.8) is 0 Å². The zero-order valence-electron chi connectivity index (χ0n) is 13.1. The summed E-state index contributed by atoms with van der Waals surface area (Å²) < 4.78 is 41.4. The number of nitrogens with zero attached hydrogens (tertiary/aromatic N) is 2. The molecule has 2 heterocycles. The van der Waals surface area contributed by atoms with Crippen LogP contribution in [0, 0.1) is 5.92 Å². The molecule has 0 bridgehead atoms. The molecular formula is C15H20F3N3O3. The summed E-state index contributed by atoms with van der Waals surface area (Å²) in [6.45, 7) is -0.336. The highest BCUT2D eigenvalue weighted by molar-refractivity contribution is 5.74. The molecule has 1 fully saturated rings. The maximum absolute atomic E-state index is 12.3. The van der Waals surface area contributed by atoms with Gasteiger partial charge in [0.05, 0.1) is 0 Å². The van der Waals surface area contributed by atoms with E-state index in [1.165, 1.54) is 6.20 Å². The number of likely N-dealkylation sites (tertiary alicyclic amines) is 1. The standard InChI is InChI=1S/C15H20F3N3O3/c16-15(17,18)10-24-13-12(4-1-5-19-13)7-20-14(23)21-6-2-3-11(8-21)9-22/h1,4-5,11,22H,2-3,6-10H2,(H,20,23). The molecule has 9 heteroatoms. The van der Waals surface area contributed by atoms with Crippen LogP contribution in [0.3, 0.4) is 0 Å². The van der Waals surface area contributed by atoms with Crippen LogP contribution in [0.5, 0.6) is 5.88 Å². The number of amides is 2. The van der Waals surface area contributed by atoms with Crippen LogP contribution in [0.1, 0.15) is 18.4 Å². The fourth-order valence-electron chi connectivity index (χ4n) is 2.52. The van der Waals surface area contributed by atoms with Gasteiger partial charge in [-0.1, -0.05) is 6.07 Å². The Bertz CT molecular complexity index is 554. The molecular weight excluding hydrogens is 327 g/mol. The Balaban J connectivity index is 1.90. The molecule has 1 unspecified atom stereocenters. The first-order valence-corrected chi connectivity index (χ1v) is 7.66. The van der Waals surface area contributed by atoms with Crippen LogP contribution in [0.15, 0.2) is 18.3 Å². The summed E-state index contributed by atoms with van der Waals surface area (Å²) in [6.07, 6.45) is -1.44. The lowest BCUT2D eigenvalue weighted by atomic mass is 9.99. The van der Waals surface area contributed by atoms with Crippen LogP contribution < -0.4 is 10.1 Å². The molecule has 2 N–H and O–H groups in total. The highest BCUT2D eigenvalue weighted by Crippen LogP contribution is 2.20. The number of aromatic nitrogens is 1. The number of piperidine rings is 1. The number of ether oxygens (including phenoxy) is 1. The van der Waals surface area contributed by atoms with E-state index in [1.54, 1.807) is 17.0 Å². The minimum atomic E-state index is -4.45. The number of urea groups is 1. The fraction of sp³-hybridized carbons (Fsp3) is 0.600. The lowest BCUT2D eigenvalue weighted by Gasteiger charge is -2.31. The summed E-state index contributed by atoms with van der Waals surface area (Å²) in [6, 6.07) is 2.79. The maximum atomic E-state index is 12.3. The molecule has 24 heavy (non-hydrogen) atoms. The van der Waals surface area contributed by atoms with Crippen LogP contribution in [0.4, 0.5) is 18.0 Å². The van der Waals surface area contributed by atoms with E-state index in [0.29, 0.717) is 18.7 Å². The van der Waals surface area contributed by atoms with E-state index < -0.39 is 12.8 Å². The average Bonchev–Trinajstić information content (AvgIpc) is 2.58. The first-order valence-electron chi connectivity index (χ1n) is 7.66. The number of aliphatic hydroxyl groups is 1. The monoisotopic (exact) mass is 347 g/mol. The van der Waals surface area contributed by atoms with Crippen LogP contribution in [-0.2, 0) is 6.54 Å². The summed E-state index contributed by atoms with van der Waals surface area (Å²) in [5.41, 5.74) is 0.366. The van der Waals surface area contributed by atoms with Crippen LogP contribution in [0.2, 0.25) is 0 Å². The first-order chi connectivity index (χ1) is 11.4. The van der Waals surface area contributed by atoms with Gasteiger partial charge in [0.2, 0.25) is 5.88 Å². The number of carbonyl (C=O) groups excluding carboxylic acids is 1. The van der Waals surface area contributed by atoms with Crippen molar-refractivity contribution in [2.24, 2.45) is 5.92 Å². The molecule has 1 saturated heterocycles. The van der Waals surface area contributed by atoms with Crippen LogP contribution >= 0.6 is 0 Å². The van der Waals surface area contributed by atoms with Gasteiger partial charge in [-0.3, -0.25) is 0 Å². The second kappa shape index (κ2) is 8.18. The Kier molecular flexibility index (Phi) is 6.24. The first kappa shape index (κ1) is 18.3. The number of carbonyl (C=O) groups is 1. The van der Waals surface area contributed by atoms with Gasteiger partial charge in [0.15, 0.2) is 6.61 Å². The van der Waals surface area contributed by atoms with E-state index >= 15 is 0 Å². The molecule has 0 spiro atoms. The molecule has 1 aromatic heterocycles. The Morgan fingerprint density at radius 1 is 1.50 bits per heavy atom. The Labute approximate surface area is 137 Å². The van der Waals surface area contributed by atoms with Gasteiger partial charge in [-0.15, -0.1) is 0 Å². The summed E-state index contributed by atoms with van der Waals surface area (Å²) in [5.74, 6) is -0.0874. The smallest absolute Gasteiger partial charge is 0.422 e. The number of nitrogens with one attached hydrogen (secondary N) is 1. The third kappa shape index (κ3) is 5.55. The Morgan fingerprint density at radius 2 is 2.29 bits per heavy atom. The third-order valence-electron chi connectivity index (χ3n) is 3.72. The average molecular weight is 347 g/mol. The van der Waals surface area contributed by atoms with Gasteiger partial charge in [0, 0.05) is 38.0 Å². The lowest BCUT2D eigenvalue weighted by Crippen LogP contribution is -2.46. The molecule has 1 atom stereocenters. The molecule has 1 aromatic rings. The summed E-state index contributed by atoms with van der Waals surface area (Å²) in [5, 5.41) is 11.8. The molecule has 0 saturated carbocycles. The van der Waals surface area contributed by atoms with Crippen molar-refractivity contribution >= 4 is 6.03 Å². The molecule has 6 nitrogen and oxygen atoms in total. The van der Waals surface area contributed by atoms with Gasteiger partial charge in [0.1, 0.15) is 0 Å². The SMILES string of the molecule is O=C(NCc1cccnc1OCC(F)(F)F)N1CCCC(CO)C1. The van der Waals surface area contributed by atoms with E-state index in [1.807, 2.05) is 0 Å². The zero-order valence-corrected chi connectivity index (χ0v) is 13.1. The van der Waals surface area contributed by atoms with Crippen LogP contribution in [-0.4, -0.2) is 53.5 Å². The van der Waals surface area contributed by atoms with E-state index in [-0.39, 0.29) is 31.0 Å². The summed E-state index contributed by atoms with van der Waals surface area (Å²) in [7, 11) is 0. The van der Waals surface area contributed by atoms with E-state index in [0.717, 1.165) is 12.8 Å². The van der Waals surface area contributed by atoms with Crippen molar-refractivity contribution in [3.05, 3.63) is 23.9 Å². The van der Waals surface area contributed by atoms with E-state index in [4.69, 9.17) is 0 Å². The molecule has 134 valence electrons. The normalized spacial score (nSPS) is 18.3. The van der Waals surface area contributed by atoms with E-state index in [9.17, 15) is 23.1 Å². The number of hydrogen-bond donors (Lipinski definition) is 2. The van der Waals surface area contributed by atoms with Gasteiger partial charge in [-0.05, 0) is 24.8 Å². The lowest BCUT2D eigenvalue weighted by molar-refractivity contribution is -0.154. The van der Waals surface area contributed by atoms with Gasteiger partial charge < -0.3 is 20.1 Å². The molecule has 1 aliphatic rings. The Morgan fingerprint density at radius 3 is 3.00 bits per heavy atom. The van der Waals surface area contributed by atoms with Crippen molar-refractivity contribution in [2.75, 3.05) is 26.3 Å². The fourth-order valence-corrected chi connectivity index (χ4v) is 2.52.